The fourth-order valence-corrected chi connectivity index (χ4v) is 3.44. The number of nitrogens with one attached hydrogen (secondary N) is 1. The number of aromatic nitrogens is 3. The Kier molecular flexibility index (Phi) is 3.97. The molecule has 1 aliphatic heterocycles. The zero-order valence-electron chi connectivity index (χ0n) is 13.7. The van der Waals surface area contributed by atoms with Crippen LogP contribution in [0.15, 0.2) is 48.5 Å². The number of fused-ring (bicyclic) bond motifs is 1. The number of methoxy groups -OCH3 is 1. The lowest BCUT2D eigenvalue weighted by molar-refractivity contribution is 0.413. The molecule has 2 atom stereocenters. The molecule has 0 radical (unpaired) electrons. The summed E-state index contributed by atoms with van der Waals surface area (Å²) in [4.78, 5) is 4.32. The number of ether oxygens (including phenoxy) is 1. The number of hydrogen-bond donors (Lipinski definition) is 2. The second-order valence-corrected chi connectivity index (χ2v) is 6.45. The molecule has 2 heterocycles. The van der Waals surface area contributed by atoms with Gasteiger partial charge in [-0.3, -0.25) is 0 Å². The molecule has 0 saturated heterocycles. The van der Waals surface area contributed by atoms with E-state index in [1.807, 2.05) is 35.0 Å². The van der Waals surface area contributed by atoms with E-state index in [4.69, 9.17) is 22.1 Å². The lowest BCUT2D eigenvalue weighted by Crippen LogP contribution is -2.28. The minimum absolute atomic E-state index is 0.00634. The lowest BCUT2D eigenvalue weighted by atomic mass is 9.93. The minimum Gasteiger partial charge on any atom is -0.497 e. The summed E-state index contributed by atoms with van der Waals surface area (Å²) >= 11 is 6.18. The second-order valence-electron chi connectivity index (χ2n) is 6.01. The molecule has 25 heavy (non-hydrogen) atoms. The molecule has 0 spiro atoms. The van der Waals surface area contributed by atoms with Gasteiger partial charge in [-0.1, -0.05) is 35.9 Å². The van der Waals surface area contributed by atoms with Crippen molar-refractivity contribution in [2.45, 2.75) is 18.5 Å². The van der Waals surface area contributed by atoms with Crippen LogP contribution in [0, 0.1) is 0 Å². The first-order chi connectivity index (χ1) is 12.1. The SMILES string of the molecule is COc1ccc([C@H]2C[C@@H](c3cccc(Cl)c3)n3nc(N)nc3N2)cc1. The van der Waals surface area contributed by atoms with Gasteiger partial charge in [-0.25, -0.2) is 4.68 Å². The van der Waals surface area contributed by atoms with Crippen LogP contribution in [0.4, 0.5) is 11.9 Å². The summed E-state index contributed by atoms with van der Waals surface area (Å²) in [6.07, 6.45) is 0.808. The highest BCUT2D eigenvalue weighted by molar-refractivity contribution is 6.30. The first-order valence-electron chi connectivity index (χ1n) is 8.02. The molecule has 6 nitrogen and oxygen atoms in total. The van der Waals surface area contributed by atoms with E-state index in [-0.39, 0.29) is 18.0 Å². The van der Waals surface area contributed by atoms with E-state index in [2.05, 4.69) is 33.6 Å². The quantitative estimate of drug-likeness (QED) is 0.749. The summed E-state index contributed by atoms with van der Waals surface area (Å²) in [5.74, 6) is 1.75. The number of hydrogen-bond acceptors (Lipinski definition) is 5. The first-order valence-corrected chi connectivity index (χ1v) is 8.40. The Morgan fingerprint density at radius 1 is 1.20 bits per heavy atom. The van der Waals surface area contributed by atoms with Crippen LogP contribution < -0.4 is 15.8 Å². The Hall–Kier alpha value is -2.73. The number of nitrogens with zero attached hydrogens (tertiary/aromatic N) is 3. The van der Waals surface area contributed by atoms with Gasteiger partial charge in [-0.15, -0.1) is 5.10 Å². The Morgan fingerprint density at radius 2 is 2.00 bits per heavy atom. The Balaban J connectivity index is 1.73. The van der Waals surface area contributed by atoms with E-state index >= 15 is 0 Å². The van der Waals surface area contributed by atoms with Gasteiger partial charge in [0, 0.05) is 5.02 Å². The van der Waals surface area contributed by atoms with E-state index < -0.39 is 0 Å². The number of halogens is 1. The summed E-state index contributed by atoms with van der Waals surface area (Å²) in [7, 11) is 1.66. The van der Waals surface area contributed by atoms with Crippen LogP contribution in [0.2, 0.25) is 5.02 Å². The van der Waals surface area contributed by atoms with Crippen molar-refractivity contribution >= 4 is 23.5 Å². The smallest absolute Gasteiger partial charge is 0.241 e. The van der Waals surface area contributed by atoms with Crippen molar-refractivity contribution in [2.75, 3.05) is 18.2 Å². The van der Waals surface area contributed by atoms with Crippen LogP contribution in [-0.2, 0) is 0 Å². The maximum atomic E-state index is 6.18. The summed E-state index contributed by atoms with van der Waals surface area (Å²) in [5, 5.41) is 8.47. The zero-order valence-corrected chi connectivity index (χ0v) is 14.4. The highest BCUT2D eigenvalue weighted by atomic mass is 35.5. The number of anilines is 2. The third-order valence-corrected chi connectivity index (χ3v) is 4.69. The van der Waals surface area contributed by atoms with Crippen molar-refractivity contribution in [2.24, 2.45) is 0 Å². The fourth-order valence-electron chi connectivity index (χ4n) is 3.24. The average Bonchev–Trinajstić information content (AvgIpc) is 3.01. The first kappa shape index (κ1) is 15.8. The maximum Gasteiger partial charge on any atom is 0.241 e. The molecule has 4 rings (SSSR count). The molecule has 3 N–H and O–H groups in total. The molecular formula is C18H18ClN5O. The van der Waals surface area contributed by atoms with Crippen LogP contribution in [-0.4, -0.2) is 21.9 Å². The molecular weight excluding hydrogens is 338 g/mol. The molecule has 3 aromatic rings. The van der Waals surface area contributed by atoms with Gasteiger partial charge in [0.05, 0.1) is 19.2 Å². The predicted molar refractivity (Wildman–Crippen MR) is 98.0 cm³/mol. The second kappa shape index (κ2) is 6.29. The lowest BCUT2D eigenvalue weighted by Gasteiger charge is -2.31. The van der Waals surface area contributed by atoms with Crippen LogP contribution in [0.5, 0.6) is 5.75 Å². The zero-order chi connectivity index (χ0) is 17.4. The largest absolute Gasteiger partial charge is 0.497 e. The van der Waals surface area contributed by atoms with Crippen LogP contribution >= 0.6 is 11.6 Å². The van der Waals surface area contributed by atoms with Crippen LogP contribution in [0.3, 0.4) is 0 Å². The van der Waals surface area contributed by atoms with Gasteiger partial charge in [-0.05, 0) is 41.8 Å². The summed E-state index contributed by atoms with van der Waals surface area (Å²) < 4.78 is 7.08. The minimum atomic E-state index is 0.00634. The summed E-state index contributed by atoms with van der Waals surface area (Å²) in [6.45, 7) is 0. The summed E-state index contributed by atoms with van der Waals surface area (Å²) in [5.41, 5.74) is 8.06. The molecule has 0 saturated carbocycles. The third-order valence-electron chi connectivity index (χ3n) is 4.46. The number of nitrogen functional groups attached to an aromatic ring is 1. The van der Waals surface area contributed by atoms with Crippen molar-refractivity contribution in [3.63, 3.8) is 0 Å². The Bertz CT molecular complexity index is 893. The van der Waals surface area contributed by atoms with Gasteiger partial charge in [0.2, 0.25) is 11.9 Å². The van der Waals surface area contributed by atoms with E-state index in [0.717, 1.165) is 23.3 Å². The average molecular weight is 356 g/mol. The monoisotopic (exact) mass is 355 g/mol. The van der Waals surface area contributed by atoms with Gasteiger partial charge in [-0.2, -0.15) is 4.98 Å². The van der Waals surface area contributed by atoms with E-state index in [1.54, 1.807) is 7.11 Å². The molecule has 0 unspecified atom stereocenters. The van der Waals surface area contributed by atoms with Crippen molar-refractivity contribution in [3.8, 4) is 5.75 Å². The Morgan fingerprint density at radius 3 is 2.72 bits per heavy atom. The van der Waals surface area contributed by atoms with Crippen molar-refractivity contribution in [1.29, 1.82) is 0 Å². The maximum absolute atomic E-state index is 6.18. The molecule has 0 bridgehead atoms. The molecule has 0 aliphatic carbocycles. The van der Waals surface area contributed by atoms with Gasteiger partial charge in [0.1, 0.15) is 5.75 Å². The Labute approximate surface area is 150 Å². The van der Waals surface area contributed by atoms with Crippen molar-refractivity contribution in [3.05, 3.63) is 64.7 Å². The summed E-state index contributed by atoms with van der Waals surface area (Å²) in [6, 6.07) is 15.9. The predicted octanol–water partition coefficient (Wildman–Crippen LogP) is 3.67. The topological polar surface area (TPSA) is 78.0 Å². The molecule has 0 amide bonds. The third kappa shape index (κ3) is 3.00. The normalized spacial score (nSPS) is 19.1. The van der Waals surface area contributed by atoms with Gasteiger partial charge < -0.3 is 15.8 Å². The van der Waals surface area contributed by atoms with E-state index in [1.165, 1.54) is 0 Å². The molecule has 1 aliphatic rings. The van der Waals surface area contributed by atoms with Crippen LogP contribution in [0.1, 0.15) is 29.6 Å². The molecule has 1 aromatic heterocycles. The van der Waals surface area contributed by atoms with Crippen LogP contribution in [0.25, 0.3) is 0 Å². The van der Waals surface area contributed by atoms with E-state index in [0.29, 0.717) is 11.0 Å². The van der Waals surface area contributed by atoms with Crippen molar-refractivity contribution in [1.82, 2.24) is 14.8 Å². The molecule has 7 heteroatoms. The highest BCUT2D eigenvalue weighted by Crippen LogP contribution is 2.38. The number of rotatable bonds is 3. The number of benzene rings is 2. The van der Waals surface area contributed by atoms with Gasteiger partial charge >= 0.3 is 0 Å². The highest BCUT2D eigenvalue weighted by Gasteiger charge is 2.30. The standard InChI is InChI=1S/C18H18ClN5O/c1-25-14-7-5-11(6-8-14)15-10-16(12-3-2-4-13(19)9-12)24-18(21-15)22-17(20)23-24/h2-9,15-16H,10H2,1H3,(H3,20,21,22,23)/t15-,16+/m1/s1. The van der Waals surface area contributed by atoms with E-state index in [9.17, 15) is 0 Å². The van der Waals surface area contributed by atoms with Crippen molar-refractivity contribution < 1.29 is 4.74 Å². The van der Waals surface area contributed by atoms with Gasteiger partial charge in [0.15, 0.2) is 0 Å². The fraction of sp³-hybridized carbons (Fsp3) is 0.222. The molecule has 2 aromatic carbocycles. The number of nitrogens with two attached hydrogens (primary N) is 1. The molecule has 128 valence electrons. The van der Waals surface area contributed by atoms with Gasteiger partial charge in [0.25, 0.3) is 0 Å². The molecule has 0 fully saturated rings.